The molecule has 32 heavy (non-hydrogen) atoms. The van der Waals surface area contributed by atoms with Gasteiger partial charge in [-0.25, -0.2) is 4.39 Å². The summed E-state index contributed by atoms with van der Waals surface area (Å²) < 4.78 is 19.3. The Balaban J connectivity index is 1.79. The van der Waals surface area contributed by atoms with E-state index in [4.69, 9.17) is 16.3 Å². The van der Waals surface area contributed by atoms with Crippen LogP contribution in [0.3, 0.4) is 0 Å². The molecule has 0 saturated heterocycles. The number of pyridine rings is 1. The van der Waals surface area contributed by atoms with Crippen LogP contribution in [0.2, 0.25) is 5.02 Å². The first-order valence-electron chi connectivity index (χ1n) is 10.5. The number of hydrogen-bond acceptors (Lipinski definition) is 5. The van der Waals surface area contributed by atoms with Crippen LogP contribution in [-0.4, -0.2) is 42.7 Å². The van der Waals surface area contributed by atoms with Crippen LogP contribution in [-0.2, 0) is 19.1 Å². The molecule has 2 unspecified atom stereocenters. The molecule has 2 aromatic rings. The van der Waals surface area contributed by atoms with Crippen molar-refractivity contribution in [3.8, 4) is 11.3 Å². The molecule has 3 rings (SSSR count). The molecule has 1 N–H and O–H groups in total. The third-order valence-electron chi connectivity index (χ3n) is 5.70. The Hall–Kier alpha value is -2.64. The highest BCUT2D eigenvalue weighted by atomic mass is 35.5. The number of halogens is 2. The smallest absolute Gasteiger partial charge is 0.220 e. The van der Waals surface area contributed by atoms with Crippen LogP contribution in [0.4, 0.5) is 4.39 Å². The van der Waals surface area contributed by atoms with Gasteiger partial charge < -0.3 is 10.1 Å². The van der Waals surface area contributed by atoms with Gasteiger partial charge in [0.25, 0.3) is 0 Å². The molecular weight excluding hydrogens is 435 g/mol. The van der Waals surface area contributed by atoms with Crippen molar-refractivity contribution < 1.29 is 23.5 Å². The van der Waals surface area contributed by atoms with Gasteiger partial charge in [-0.2, -0.15) is 0 Å². The summed E-state index contributed by atoms with van der Waals surface area (Å²) in [6, 6.07) is 4.63. The lowest BCUT2D eigenvalue weighted by Gasteiger charge is -2.17. The normalized spacial score (nSPS) is 18.3. The van der Waals surface area contributed by atoms with Crippen molar-refractivity contribution in [1.29, 1.82) is 0 Å². The minimum Gasteiger partial charge on any atom is -0.385 e. The van der Waals surface area contributed by atoms with Gasteiger partial charge in [-0.15, -0.1) is 0 Å². The van der Waals surface area contributed by atoms with Crippen molar-refractivity contribution in [2.45, 2.75) is 39.0 Å². The molecule has 1 aromatic heterocycles. The Morgan fingerprint density at radius 2 is 1.94 bits per heavy atom. The number of ether oxygens (including phenoxy) is 1. The third kappa shape index (κ3) is 5.22. The average molecular weight is 461 g/mol. The molecule has 2 atom stereocenters. The zero-order valence-corrected chi connectivity index (χ0v) is 19.1. The van der Waals surface area contributed by atoms with E-state index < -0.39 is 17.7 Å². The van der Waals surface area contributed by atoms with Crippen LogP contribution in [0.15, 0.2) is 24.4 Å². The lowest BCUT2D eigenvalue weighted by Crippen LogP contribution is -2.28. The van der Waals surface area contributed by atoms with E-state index in [0.717, 1.165) is 0 Å². The van der Waals surface area contributed by atoms with Crippen LogP contribution >= 0.6 is 11.6 Å². The highest BCUT2D eigenvalue weighted by Gasteiger charge is 2.43. The third-order valence-corrected chi connectivity index (χ3v) is 5.91. The van der Waals surface area contributed by atoms with Gasteiger partial charge in [0.2, 0.25) is 5.91 Å². The monoisotopic (exact) mass is 460 g/mol. The molecule has 0 spiro atoms. The largest absolute Gasteiger partial charge is 0.385 e. The lowest BCUT2D eigenvalue weighted by atomic mass is 9.85. The molecule has 0 bridgehead atoms. The molecule has 170 valence electrons. The van der Waals surface area contributed by atoms with Crippen LogP contribution in [0, 0.1) is 25.6 Å². The summed E-state index contributed by atoms with van der Waals surface area (Å²) in [7, 11) is 1.59. The van der Waals surface area contributed by atoms with E-state index in [0.29, 0.717) is 41.8 Å². The van der Waals surface area contributed by atoms with Crippen LogP contribution in [0.1, 0.15) is 41.9 Å². The Bertz CT molecular complexity index is 1030. The summed E-state index contributed by atoms with van der Waals surface area (Å²) in [6.45, 7) is 4.57. The number of carbonyl (C=O) groups excluding carboxylic acids is 3. The summed E-state index contributed by atoms with van der Waals surface area (Å²) in [6.07, 6.45) is 2.08. The topological polar surface area (TPSA) is 85.4 Å². The van der Waals surface area contributed by atoms with Crippen molar-refractivity contribution in [2.24, 2.45) is 5.92 Å². The Morgan fingerprint density at radius 1 is 1.25 bits per heavy atom. The van der Waals surface area contributed by atoms with E-state index in [2.05, 4.69) is 10.3 Å². The van der Waals surface area contributed by atoms with Crippen molar-refractivity contribution in [2.75, 3.05) is 20.3 Å². The van der Waals surface area contributed by atoms with Crippen molar-refractivity contribution in [1.82, 2.24) is 10.3 Å². The van der Waals surface area contributed by atoms with E-state index in [9.17, 15) is 18.8 Å². The molecule has 1 amide bonds. The molecule has 8 heteroatoms. The number of carbonyl (C=O) groups is 3. The Morgan fingerprint density at radius 3 is 2.56 bits per heavy atom. The molecule has 1 fully saturated rings. The number of aryl methyl sites for hydroxylation is 2. The van der Waals surface area contributed by atoms with E-state index in [-0.39, 0.29) is 41.0 Å². The molecular formula is C24H26ClFN2O4. The van der Waals surface area contributed by atoms with Gasteiger partial charge in [-0.1, -0.05) is 11.6 Å². The fourth-order valence-electron chi connectivity index (χ4n) is 4.27. The summed E-state index contributed by atoms with van der Waals surface area (Å²) in [5.74, 6) is -2.77. The predicted octanol–water partition coefficient (Wildman–Crippen LogP) is 3.94. The van der Waals surface area contributed by atoms with Gasteiger partial charge in [-0.05, 0) is 55.2 Å². The van der Waals surface area contributed by atoms with Gasteiger partial charge in [0.15, 0.2) is 11.6 Å². The van der Waals surface area contributed by atoms with E-state index >= 15 is 0 Å². The second-order valence-electron chi connectivity index (χ2n) is 8.11. The maximum Gasteiger partial charge on any atom is 0.220 e. The number of hydrogen-bond donors (Lipinski definition) is 1. The number of rotatable bonds is 8. The maximum atomic E-state index is 14.3. The SMILES string of the molecule is COCCCNC(=O)CC1CC(=O)C(c2c(C)cc(-c3ncc(Cl)cc3F)cc2C)C1=O. The second-order valence-corrected chi connectivity index (χ2v) is 8.55. The molecule has 0 radical (unpaired) electrons. The predicted molar refractivity (Wildman–Crippen MR) is 119 cm³/mol. The minimum atomic E-state index is -0.904. The fourth-order valence-corrected chi connectivity index (χ4v) is 4.41. The Labute approximate surface area is 191 Å². The van der Waals surface area contributed by atoms with E-state index in [1.807, 2.05) is 0 Å². The first kappa shape index (κ1) is 24.0. The van der Waals surface area contributed by atoms with Crippen molar-refractivity contribution in [3.63, 3.8) is 0 Å². The zero-order chi connectivity index (χ0) is 23.4. The van der Waals surface area contributed by atoms with Gasteiger partial charge >= 0.3 is 0 Å². The van der Waals surface area contributed by atoms with Crippen LogP contribution in [0.25, 0.3) is 11.3 Å². The standard InChI is InChI=1S/C24H26ClFN2O4/c1-13-7-15(23-18(26)11-17(25)12-28-23)8-14(2)21(13)22-19(29)9-16(24(22)31)10-20(30)27-5-4-6-32-3/h7-8,11-12,16,22H,4-6,9-10H2,1-3H3,(H,27,30). The van der Waals surface area contributed by atoms with Crippen LogP contribution in [0.5, 0.6) is 0 Å². The van der Waals surface area contributed by atoms with Crippen molar-refractivity contribution in [3.05, 3.63) is 51.9 Å². The summed E-state index contributed by atoms with van der Waals surface area (Å²) in [5.41, 5.74) is 2.73. The maximum absolute atomic E-state index is 14.3. The zero-order valence-electron chi connectivity index (χ0n) is 18.3. The molecule has 1 saturated carbocycles. The summed E-state index contributed by atoms with van der Waals surface area (Å²) in [4.78, 5) is 42.1. The molecule has 0 aliphatic heterocycles. The number of aromatic nitrogens is 1. The second kappa shape index (κ2) is 10.3. The number of methoxy groups -OCH3 is 1. The Kier molecular flexibility index (Phi) is 7.74. The average Bonchev–Trinajstić information content (AvgIpc) is 2.98. The first-order valence-corrected chi connectivity index (χ1v) is 10.8. The van der Waals surface area contributed by atoms with Crippen molar-refractivity contribution >= 4 is 29.1 Å². The number of nitrogens with zero attached hydrogens (tertiary/aromatic N) is 1. The molecule has 1 aromatic carbocycles. The lowest BCUT2D eigenvalue weighted by molar-refractivity contribution is -0.128. The number of Topliss-reactive ketones (excluding diaryl/α,β-unsaturated/α-hetero) is 2. The number of amides is 1. The minimum absolute atomic E-state index is 0.00978. The summed E-state index contributed by atoms with van der Waals surface area (Å²) >= 11 is 5.79. The van der Waals surface area contributed by atoms with Gasteiger partial charge in [0.1, 0.15) is 17.4 Å². The first-order chi connectivity index (χ1) is 15.2. The van der Waals surface area contributed by atoms with Gasteiger partial charge in [-0.3, -0.25) is 19.4 Å². The number of nitrogens with one attached hydrogen (secondary N) is 1. The van der Waals surface area contributed by atoms with E-state index in [1.54, 1.807) is 33.1 Å². The highest BCUT2D eigenvalue weighted by molar-refractivity contribution is 6.30. The van der Waals surface area contributed by atoms with Crippen LogP contribution < -0.4 is 5.32 Å². The quantitative estimate of drug-likeness (QED) is 0.476. The molecule has 1 aliphatic carbocycles. The number of benzene rings is 1. The number of ketones is 2. The molecule has 1 aliphatic rings. The fraction of sp³-hybridized carbons (Fsp3) is 0.417. The van der Waals surface area contributed by atoms with E-state index in [1.165, 1.54) is 12.3 Å². The molecule has 6 nitrogen and oxygen atoms in total. The summed E-state index contributed by atoms with van der Waals surface area (Å²) in [5, 5.41) is 2.96. The highest BCUT2D eigenvalue weighted by Crippen LogP contribution is 2.38. The van der Waals surface area contributed by atoms with Gasteiger partial charge in [0.05, 0.1) is 5.02 Å². The van der Waals surface area contributed by atoms with Gasteiger partial charge in [0, 0.05) is 50.8 Å². The molecule has 1 heterocycles.